The lowest BCUT2D eigenvalue weighted by Crippen LogP contribution is -2.41. The predicted octanol–water partition coefficient (Wildman–Crippen LogP) is 4.55. The average Bonchev–Trinajstić information content (AvgIpc) is 2.81. The molecule has 0 bridgehead atoms. The van der Waals surface area contributed by atoms with Gasteiger partial charge in [0.2, 0.25) is 5.91 Å². The topological polar surface area (TPSA) is 83.1 Å². The quantitative estimate of drug-likeness (QED) is 0.493. The molecule has 166 valence electrons. The lowest BCUT2D eigenvalue weighted by Gasteiger charge is -2.30. The molecule has 2 aromatic carbocycles. The van der Waals surface area contributed by atoms with Crippen molar-refractivity contribution in [3.8, 4) is 0 Å². The van der Waals surface area contributed by atoms with Gasteiger partial charge in [0.05, 0.1) is 5.52 Å². The van der Waals surface area contributed by atoms with Crippen LogP contribution < -0.4 is 16.0 Å². The molecule has 0 saturated heterocycles. The molecule has 1 aromatic heterocycles. The number of aromatic nitrogens is 1. The normalized spacial score (nSPS) is 18.2. The first-order valence-corrected chi connectivity index (χ1v) is 11.4. The number of halogens is 1. The van der Waals surface area contributed by atoms with Crippen LogP contribution in [0, 0.1) is 0 Å². The molecule has 1 fully saturated rings. The molecule has 1 aliphatic rings. The Balaban J connectivity index is 1.20. The Morgan fingerprint density at radius 2 is 1.72 bits per heavy atom. The third-order valence-electron chi connectivity index (χ3n) is 5.83. The first kappa shape index (κ1) is 22.1. The number of hydrogen-bond acceptors (Lipinski definition) is 4. The molecule has 1 aliphatic carbocycles. The molecule has 4 rings (SSSR count). The van der Waals surface area contributed by atoms with Gasteiger partial charge in [-0.25, -0.2) is 0 Å². The second-order valence-corrected chi connectivity index (χ2v) is 8.59. The standard InChI is InChI=1S/C25H27ClN4O2/c26-18-6-11-21-22(12-14-27-23(21)16-18)29-19-7-9-20(10-8-19)30-24(31)13-15-28-25(32)17-4-2-1-3-5-17/h1-6,11-12,14,16,19-20H,7-10,13,15H2,(H,27,29)(H,28,32)(H,30,31). The molecule has 32 heavy (non-hydrogen) atoms. The van der Waals surface area contributed by atoms with Crippen LogP contribution >= 0.6 is 11.6 Å². The molecule has 2 amide bonds. The number of carbonyl (C=O) groups excluding carboxylic acids is 2. The van der Waals surface area contributed by atoms with Gasteiger partial charge >= 0.3 is 0 Å². The maximum atomic E-state index is 12.3. The van der Waals surface area contributed by atoms with Crippen molar-refractivity contribution in [2.45, 2.75) is 44.2 Å². The third kappa shape index (κ3) is 5.77. The maximum absolute atomic E-state index is 12.3. The van der Waals surface area contributed by atoms with Gasteiger partial charge in [-0.05, 0) is 62.1 Å². The van der Waals surface area contributed by atoms with E-state index in [-0.39, 0.29) is 24.3 Å². The van der Waals surface area contributed by atoms with E-state index in [0.29, 0.717) is 23.2 Å². The van der Waals surface area contributed by atoms with E-state index in [2.05, 4.69) is 20.9 Å². The zero-order valence-corrected chi connectivity index (χ0v) is 18.6. The van der Waals surface area contributed by atoms with Crippen LogP contribution in [0.15, 0.2) is 60.8 Å². The van der Waals surface area contributed by atoms with Crippen LogP contribution in [0.25, 0.3) is 10.9 Å². The van der Waals surface area contributed by atoms with Gasteiger partial charge < -0.3 is 16.0 Å². The van der Waals surface area contributed by atoms with Crippen molar-refractivity contribution in [2.24, 2.45) is 0 Å². The van der Waals surface area contributed by atoms with Crippen molar-refractivity contribution in [3.05, 3.63) is 71.4 Å². The van der Waals surface area contributed by atoms with E-state index in [0.717, 1.165) is 42.3 Å². The van der Waals surface area contributed by atoms with E-state index in [9.17, 15) is 9.59 Å². The van der Waals surface area contributed by atoms with E-state index in [4.69, 9.17) is 11.6 Å². The molecule has 7 heteroatoms. The number of nitrogens with zero attached hydrogens (tertiary/aromatic N) is 1. The lowest BCUT2D eigenvalue weighted by atomic mass is 9.90. The highest BCUT2D eigenvalue weighted by molar-refractivity contribution is 6.31. The van der Waals surface area contributed by atoms with E-state index in [1.54, 1.807) is 18.3 Å². The number of anilines is 1. The second-order valence-electron chi connectivity index (χ2n) is 8.15. The fourth-order valence-electron chi connectivity index (χ4n) is 4.13. The summed E-state index contributed by atoms with van der Waals surface area (Å²) in [5.74, 6) is -0.178. The summed E-state index contributed by atoms with van der Waals surface area (Å²) in [6, 6.07) is 17.3. The van der Waals surface area contributed by atoms with Gasteiger partial charge in [0.15, 0.2) is 0 Å². The fourth-order valence-corrected chi connectivity index (χ4v) is 4.30. The van der Waals surface area contributed by atoms with Crippen molar-refractivity contribution in [1.29, 1.82) is 0 Å². The van der Waals surface area contributed by atoms with Crippen molar-refractivity contribution in [1.82, 2.24) is 15.6 Å². The van der Waals surface area contributed by atoms with Gasteiger partial charge in [-0.2, -0.15) is 0 Å². The Bertz CT molecular complexity index is 1080. The summed E-state index contributed by atoms with van der Waals surface area (Å²) in [6.07, 6.45) is 5.88. The molecule has 6 nitrogen and oxygen atoms in total. The molecule has 0 aliphatic heterocycles. The summed E-state index contributed by atoms with van der Waals surface area (Å²) < 4.78 is 0. The van der Waals surface area contributed by atoms with E-state index >= 15 is 0 Å². The van der Waals surface area contributed by atoms with Crippen molar-refractivity contribution < 1.29 is 9.59 Å². The van der Waals surface area contributed by atoms with Crippen LogP contribution in [-0.4, -0.2) is 35.4 Å². The van der Waals surface area contributed by atoms with Crippen molar-refractivity contribution >= 4 is 40.0 Å². The third-order valence-corrected chi connectivity index (χ3v) is 6.07. The zero-order valence-electron chi connectivity index (χ0n) is 17.8. The number of carbonyl (C=O) groups is 2. The van der Waals surface area contributed by atoms with Crippen LogP contribution in [0.2, 0.25) is 5.02 Å². The Morgan fingerprint density at radius 1 is 0.969 bits per heavy atom. The lowest BCUT2D eigenvalue weighted by molar-refractivity contribution is -0.121. The molecule has 3 aromatic rings. The minimum atomic E-state index is -0.157. The number of hydrogen-bond donors (Lipinski definition) is 3. The summed E-state index contributed by atoms with van der Waals surface area (Å²) in [7, 11) is 0. The summed E-state index contributed by atoms with van der Waals surface area (Å²) in [5.41, 5.74) is 2.54. The number of rotatable bonds is 7. The van der Waals surface area contributed by atoms with Crippen LogP contribution in [0.4, 0.5) is 5.69 Å². The van der Waals surface area contributed by atoms with Gasteiger partial charge in [0.1, 0.15) is 0 Å². The molecule has 0 spiro atoms. The summed E-state index contributed by atoms with van der Waals surface area (Å²) in [6.45, 7) is 0.329. The monoisotopic (exact) mass is 450 g/mol. The SMILES string of the molecule is O=C(CCNC(=O)c1ccccc1)NC1CCC(Nc2ccnc3cc(Cl)ccc23)CC1. The minimum absolute atomic E-state index is 0.0215. The Morgan fingerprint density at radius 3 is 2.50 bits per heavy atom. The summed E-state index contributed by atoms with van der Waals surface area (Å²) >= 11 is 6.08. The number of pyridine rings is 1. The van der Waals surface area contributed by atoms with Gasteiger partial charge in [-0.15, -0.1) is 0 Å². The van der Waals surface area contributed by atoms with Crippen LogP contribution in [0.1, 0.15) is 42.5 Å². The second kappa shape index (κ2) is 10.5. The molecule has 3 N–H and O–H groups in total. The number of amides is 2. The maximum Gasteiger partial charge on any atom is 0.251 e. The summed E-state index contributed by atoms with van der Waals surface area (Å²) in [4.78, 5) is 28.7. The van der Waals surface area contributed by atoms with Crippen LogP contribution in [0.3, 0.4) is 0 Å². The highest BCUT2D eigenvalue weighted by Crippen LogP contribution is 2.28. The van der Waals surface area contributed by atoms with Gasteiger partial charge in [-0.3, -0.25) is 14.6 Å². The molecular formula is C25H27ClN4O2. The van der Waals surface area contributed by atoms with Crippen LogP contribution in [0.5, 0.6) is 0 Å². The van der Waals surface area contributed by atoms with Gasteiger partial charge in [0, 0.05) is 52.9 Å². The Labute approximate surface area is 192 Å². The Hall–Kier alpha value is -3.12. The number of fused-ring (bicyclic) bond motifs is 1. The van der Waals surface area contributed by atoms with E-state index < -0.39 is 0 Å². The van der Waals surface area contributed by atoms with E-state index in [1.807, 2.05) is 42.5 Å². The first-order valence-electron chi connectivity index (χ1n) is 11.0. The number of nitrogens with one attached hydrogen (secondary N) is 3. The first-order chi connectivity index (χ1) is 15.6. The molecule has 0 unspecified atom stereocenters. The van der Waals surface area contributed by atoms with Gasteiger partial charge in [-0.1, -0.05) is 29.8 Å². The van der Waals surface area contributed by atoms with Crippen LogP contribution in [-0.2, 0) is 4.79 Å². The summed E-state index contributed by atoms with van der Waals surface area (Å²) in [5, 5.41) is 11.3. The fraction of sp³-hybridized carbons (Fsp3) is 0.320. The minimum Gasteiger partial charge on any atom is -0.382 e. The Kier molecular flexibility index (Phi) is 7.22. The highest BCUT2D eigenvalue weighted by atomic mass is 35.5. The largest absolute Gasteiger partial charge is 0.382 e. The molecule has 0 atom stereocenters. The molecule has 1 heterocycles. The predicted molar refractivity (Wildman–Crippen MR) is 128 cm³/mol. The molecule has 0 radical (unpaired) electrons. The molecular weight excluding hydrogens is 424 g/mol. The average molecular weight is 451 g/mol. The van der Waals surface area contributed by atoms with Crippen molar-refractivity contribution in [2.75, 3.05) is 11.9 Å². The highest BCUT2D eigenvalue weighted by Gasteiger charge is 2.22. The smallest absolute Gasteiger partial charge is 0.251 e. The zero-order chi connectivity index (χ0) is 22.3. The van der Waals surface area contributed by atoms with Crippen molar-refractivity contribution in [3.63, 3.8) is 0 Å². The van der Waals surface area contributed by atoms with E-state index in [1.165, 1.54) is 0 Å². The number of benzene rings is 2. The molecule has 1 saturated carbocycles. The van der Waals surface area contributed by atoms with Gasteiger partial charge in [0.25, 0.3) is 5.91 Å².